The van der Waals surface area contributed by atoms with E-state index in [4.69, 9.17) is 0 Å². The van der Waals surface area contributed by atoms with E-state index >= 15 is 0 Å². The van der Waals surface area contributed by atoms with Crippen LogP contribution in [0.4, 0.5) is 5.95 Å². The van der Waals surface area contributed by atoms with Gasteiger partial charge in [-0.3, -0.25) is 9.78 Å². The van der Waals surface area contributed by atoms with E-state index < -0.39 is 0 Å². The highest BCUT2D eigenvalue weighted by molar-refractivity contribution is 5.94. The maximum absolute atomic E-state index is 11.8. The summed E-state index contributed by atoms with van der Waals surface area (Å²) in [4.78, 5) is 24.2. The van der Waals surface area contributed by atoms with Crippen LogP contribution in [0.15, 0.2) is 36.8 Å². The van der Waals surface area contributed by atoms with Gasteiger partial charge in [0.25, 0.3) is 5.91 Å². The lowest BCUT2D eigenvalue weighted by Crippen LogP contribution is -2.25. The first-order valence-electron chi connectivity index (χ1n) is 6.58. The van der Waals surface area contributed by atoms with Crippen molar-refractivity contribution in [2.24, 2.45) is 0 Å². The Morgan fingerprint density at radius 2 is 2.00 bits per heavy atom. The van der Waals surface area contributed by atoms with E-state index in [0.29, 0.717) is 24.1 Å². The molecule has 2 aromatic heterocycles. The van der Waals surface area contributed by atoms with Crippen LogP contribution in [0, 0.1) is 0 Å². The number of carbonyl (C=O) groups is 1. The minimum atomic E-state index is -0.108. The second-order valence-corrected chi connectivity index (χ2v) is 4.72. The molecule has 6 nitrogen and oxygen atoms in total. The fourth-order valence-electron chi connectivity index (χ4n) is 1.71. The number of hydrogen-bond donors (Lipinski definition) is 2. The maximum Gasteiger partial charge on any atom is 0.254 e. The summed E-state index contributed by atoms with van der Waals surface area (Å²) in [6.45, 7) is 0.550. The fraction of sp³-hybridized carbons (Fsp3) is 0.286. The van der Waals surface area contributed by atoms with Crippen molar-refractivity contribution in [1.82, 2.24) is 20.3 Å². The zero-order valence-electron chi connectivity index (χ0n) is 10.9. The molecule has 0 bridgehead atoms. The van der Waals surface area contributed by atoms with E-state index in [1.807, 2.05) is 18.2 Å². The summed E-state index contributed by atoms with van der Waals surface area (Å²) in [5.74, 6) is 0.377. The van der Waals surface area contributed by atoms with E-state index in [0.717, 1.165) is 18.5 Å². The van der Waals surface area contributed by atoms with Crippen LogP contribution in [-0.2, 0) is 6.54 Å². The van der Waals surface area contributed by atoms with Crippen molar-refractivity contribution in [3.05, 3.63) is 48.0 Å². The Bertz CT molecular complexity index is 580. The first-order chi connectivity index (χ1) is 9.81. The second kappa shape index (κ2) is 5.64. The smallest absolute Gasteiger partial charge is 0.254 e. The van der Waals surface area contributed by atoms with Crippen molar-refractivity contribution < 1.29 is 4.79 Å². The number of anilines is 1. The van der Waals surface area contributed by atoms with Crippen LogP contribution in [0.1, 0.15) is 28.9 Å². The molecule has 1 fully saturated rings. The molecule has 2 N–H and O–H groups in total. The van der Waals surface area contributed by atoms with Gasteiger partial charge in [0.05, 0.1) is 17.8 Å². The van der Waals surface area contributed by atoms with Crippen LogP contribution in [0.25, 0.3) is 0 Å². The Morgan fingerprint density at radius 1 is 1.20 bits per heavy atom. The molecule has 0 radical (unpaired) electrons. The standard InChI is InChI=1S/C14H15N5O/c20-13(19-11-4-5-11)10-7-16-14(17-8-10)18-9-12-3-1-2-6-15-12/h1-3,6-8,11H,4-5,9H2,(H,19,20)(H,16,17,18). The Balaban J connectivity index is 1.56. The van der Waals surface area contributed by atoms with Gasteiger partial charge in [0, 0.05) is 24.6 Å². The van der Waals surface area contributed by atoms with E-state index in [1.165, 1.54) is 12.4 Å². The number of pyridine rings is 1. The third-order valence-electron chi connectivity index (χ3n) is 2.98. The number of hydrogen-bond acceptors (Lipinski definition) is 5. The molecule has 0 aromatic carbocycles. The Labute approximate surface area is 116 Å². The molecule has 0 spiro atoms. The zero-order chi connectivity index (χ0) is 13.8. The summed E-state index contributed by atoms with van der Waals surface area (Å²) in [5.41, 5.74) is 1.40. The van der Waals surface area contributed by atoms with Gasteiger partial charge in [-0.2, -0.15) is 0 Å². The Morgan fingerprint density at radius 3 is 2.65 bits per heavy atom. The molecule has 2 aromatic rings. The molecule has 20 heavy (non-hydrogen) atoms. The number of nitrogens with zero attached hydrogens (tertiary/aromatic N) is 3. The van der Waals surface area contributed by atoms with Gasteiger partial charge in [-0.1, -0.05) is 6.07 Å². The lowest BCUT2D eigenvalue weighted by Gasteiger charge is -2.05. The van der Waals surface area contributed by atoms with Gasteiger partial charge in [-0.25, -0.2) is 9.97 Å². The number of aromatic nitrogens is 3. The molecule has 1 saturated carbocycles. The molecule has 1 aliphatic carbocycles. The predicted octanol–water partition coefficient (Wildman–Crippen LogP) is 1.38. The number of carbonyl (C=O) groups excluding carboxylic acids is 1. The van der Waals surface area contributed by atoms with Crippen LogP contribution in [-0.4, -0.2) is 26.9 Å². The van der Waals surface area contributed by atoms with Gasteiger partial charge in [0.2, 0.25) is 5.95 Å². The van der Waals surface area contributed by atoms with E-state index in [2.05, 4.69) is 25.6 Å². The van der Waals surface area contributed by atoms with Crippen LogP contribution in [0.2, 0.25) is 0 Å². The van der Waals surface area contributed by atoms with Crippen LogP contribution in [0.5, 0.6) is 0 Å². The molecule has 0 atom stereocenters. The lowest BCUT2D eigenvalue weighted by atomic mass is 10.3. The molecule has 2 heterocycles. The Kier molecular flexibility index (Phi) is 3.54. The van der Waals surface area contributed by atoms with Crippen LogP contribution < -0.4 is 10.6 Å². The Hall–Kier alpha value is -2.50. The highest BCUT2D eigenvalue weighted by Gasteiger charge is 2.23. The van der Waals surface area contributed by atoms with Crippen molar-refractivity contribution >= 4 is 11.9 Å². The summed E-state index contributed by atoms with van der Waals surface area (Å²) >= 11 is 0. The highest BCUT2D eigenvalue weighted by Crippen LogP contribution is 2.19. The average molecular weight is 269 g/mol. The van der Waals surface area contributed by atoms with E-state index in [9.17, 15) is 4.79 Å². The van der Waals surface area contributed by atoms with Gasteiger partial charge in [0.15, 0.2) is 0 Å². The monoisotopic (exact) mass is 269 g/mol. The topological polar surface area (TPSA) is 79.8 Å². The maximum atomic E-state index is 11.8. The van der Waals surface area contributed by atoms with Crippen molar-refractivity contribution in [2.45, 2.75) is 25.4 Å². The molecular weight excluding hydrogens is 254 g/mol. The minimum Gasteiger partial charge on any atom is -0.349 e. The van der Waals surface area contributed by atoms with Gasteiger partial charge < -0.3 is 10.6 Å². The molecular formula is C14H15N5O. The summed E-state index contributed by atoms with van der Waals surface area (Å²) in [5, 5.41) is 5.96. The van der Waals surface area contributed by atoms with E-state index in [-0.39, 0.29) is 5.91 Å². The largest absolute Gasteiger partial charge is 0.349 e. The first-order valence-corrected chi connectivity index (χ1v) is 6.58. The first kappa shape index (κ1) is 12.5. The van der Waals surface area contributed by atoms with Crippen molar-refractivity contribution in [1.29, 1.82) is 0 Å². The van der Waals surface area contributed by atoms with Gasteiger partial charge in [-0.05, 0) is 25.0 Å². The molecule has 102 valence electrons. The van der Waals surface area contributed by atoms with Crippen LogP contribution in [0.3, 0.4) is 0 Å². The predicted molar refractivity (Wildman–Crippen MR) is 74.1 cm³/mol. The zero-order valence-corrected chi connectivity index (χ0v) is 10.9. The highest BCUT2D eigenvalue weighted by atomic mass is 16.1. The fourth-order valence-corrected chi connectivity index (χ4v) is 1.71. The summed E-state index contributed by atoms with van der Waals surface area (Å²) < 4.78 is 0. The molecule has 1 amide bonds. The van der Waals surface area contributed by atoms with Gasteiger partial charge in [-0.15, -0.1) is 0 Å². The molecule has 0 unspecified atom stereocenters. The molecule has 0 aliphatic heterocycles. The SMILES string of the molecule is O=C(NC1CC1)c1cnc(NCc2ccccn2)nc1. The van der Waals surface area contributed by atoms with Gasteiger partial charge in [0.1, 0.15) is 0 Å². The quantitative estimate of drug-likeness (QED) is 0.857. The third-order valence-corrected chi connectivity index (χ3v) is 2.98. The number of amides is 1. The molecule has 3 rings (SSSR count). The van der Waals surface area contributed by atoms with E-state index in [1.54, 1.807) is 6.20 Å². The summed E-state index contributed by atoms with van der Waals surface area (Å²) in [7, 11) is 0. The summed E-state index contributed by atoms with van der Waals surface area (Å²) in [6, 6.07) is 6.05. The van der Waals surface area contributed by atoms with Crippen molar-refractivity contribution in [3.8, 4) is 0 Å². The summed E-state index contributed by atoms with van der Waals surface area (Å²) in [6.07, 6.45) is 6.94. The average Bonchev–Trinajstić information content (AvgIpc) is 3.31. The third kappa shape index (κ3) is 3.28. The van der Waals surface area contributed by atoms with Gasteiger partial charge >= 0.3 is 0 Å². The lowest BCUT2D eigenvalue weighted by molar-refractivity contribution is 0.0950. The minimum absolute atomic E-state index is 0.108. The normalized spacial score (nSPS) is 13.8. The van der Waals surface area contributed by atoms with Crippen LogP contribution >= 0.6 is 0 Å². The number of nitrogens with one attached hydrogen (secondary N) is 2. The van der Waals surface area contributed by atoms with Crippen molar-refractivity contribution in [2.75, 3.05) is 5.32 Å². The number of rotatable bonds is 5. The van der Waals surface area contributed by atoms with Crippen molar-refractivity contribution in [3.63, 3.8) is 0 Å². The molecule has 6 heteroatoms. The molecule has 1 aliphatic rings. The second-order valence-electron chi connectivity index (χ2n) is 4.72. The molecule has 0 saturated heterocycles.